The molecule has 4 rings (SSSR count). The Bertz CT molecular complexity index is 874. The summed E-state index contributed by atoms with van der Waals surface area (Å²) in [6, 6.07) is 7.73. The summed E-state index contributed by atoms with van der Waals surface area (Å²) in [7, 11) is 2.08. The maximum atomic E-state index is 12.9. The Morgan fingerprint density at radius 1 is 1.25 bits per heavy atom. The number of nitrogen functional groups attached to an aromatic ring is 1. The molecule has 124 valence electrons. The van der Waals surface area contributed by atoms with Crippen molar-refractivity contribution in [2.45, 2.75) is 12.8 Å². The fourth-order valence-corrected chi connectivity index (χ4v) is 3.34. The van der Waals surface area contributed by atoms with E-state index in [1.54, 1.807) is 12.5 Å². The number of hydrogen-bond donors (Lipinski definition) is 1. The lowest BCUT2D eigenvalue weighted by Crippen LogP contribution is -2.35. The minimum atomic E-state index is 0.00119. The second-order valence-electron chi connectivity index (χ2n) is 6.46. The van der Waals surface area contributed by atoms with E-state index in [1.807, 2.05) is 24.3 Å². The highest BCUT2D eigenvalue weighted by molar-refractivity contribution is 5.99. The number of carbonyl (C=O) groups excluding carboxylic acids is 1. The van der Waals surface area contributed by atoms with E-state index in [9.17, 15) is 4.79 Å². The SMILES string of the molecule is CN1CCC(C(=O)n2nc(N)c3ccc(-c4ccoc4)cc32)CC1. The molecule has 24 heavy (non-hydrogen) atoms. The first-order valence-corrected chi connectivity index (χ1v) is 8.17. The van der Waals surface area contributed by atoms with E-state index in [1.165, 1.54) is 4.68 Å². The van der Waals surface area contributed by atoms with Crippen LogP contribution in [0.15, 0.2) is 41.2 Å². The van der Waals surface area contributed by atoms with E-state index in [-0.39, 0.29) is 11.8 Å². The first-order chi connectivity index (χ1) is 11.6. The molecule has 1 saturated heterocycles. The van der Waals surface area contributed by atoms with Crippen LogP contribution in [0, 0.1) is 5.92 Å². The van der Waals surface area contributed by atoms with Crippen LogP contribution in [0.5, 0.6) is 0 Å². The smallest absolute Gasteiger partial charge is 0.250 e. The van der Waals surface area contributed by atoms with Crippen molar-refractivity contribution in [1.29, 1.82) is 0 Å². The third-order valence-electron chi connectivity index (χ3n) is 4.84. The molecule has 3 heterocycles. The van der Waals surface area contributed by atoms with Crippen molar-refractivity contribution in [3.8, 4) is 11.1 Å². The molecule has 1 aliphatic rings. The quantitative estimate of drug-likeness (QED) is 0.784. The summed E-state index contributed by atoms with van der Waals surface area (Å²) < 4.78 is 6.64. The summed E-state index contributed by atoms with van der Waals surface area (Å²) in [6.45, 7) is 1.87. The largest absolute Gasteiger partial charge is 0.472 e. The predicted molar refractivity (Wildman–Crippen MR) is 92.7 cm³/mol. The van der Waals surface area contributed by atoms with Gasteiger partial charge in [-0.2, -0.15) is 4.68 Å². The van der Waals surface area contributed by atoms with Gasteiger partial charge in [0.2, 0.25) is 0 Å². The van der Waals surface area contributed by atoms with Gasteiger partial charge in [0.05, 0.1) is 18.0 Å². The van der Waals surface area contributed by atoms with Crippen molar-refractivity contribution in [3.05, 3.63) is 36.8 Å². The first kappa shape index (κ1) is 15.0. The molecular weight excluding hydrogens is 304 g/mol. The summed E-state index contributed by atoms with van der Waals surface area (Å²) in [5.74, 6) is 0.431. The van der Waals surface area contributed by atoms with Crippen molar-refractivity contribution in [3.63, 3.8) is 0 Å². The molecule has 0 spiro atoms. The average Bonchev–Trinajstić information content (AvgIpc) is 3.23. The van der Waals surface area contributed by atoms with Crippen LogP contribution in [0.3, 0.4) is 0 Å². The van der Waals surface area contributed by atoms with Crippen molar-refractivity contribution in [2.75, 3.05) is 25.9 Å². The zero-order valence-corrected chi connectivity index (χ0v) is 13.6. The molecule has 0 amide bonds. The van der Waals surface area contributed by atoms with Gasteiger partial charge in [-0.1, -0.05) is 6.07 Å². The molecule has 2 aromatic heterocycles. The second-order valence-corrected chi connectivity index (χ2v) is 6.46. The maximum Gasteiger partial charge on any atom is 0.250 e. The molecule has 0 bridgehead atoms. The van der Waals surface area contributed by atoms with Gasteiger partial charge in [-0.15, -0.1) is 5.10 Å². The third kappa shape index (κ3) is 2.49. The molecule has 3 aromatic rings. The van der Waals surface area contributed by atoms with Gasteiger partial charge in [-0.05, 0) is 56.7 Å². The average molecular weight is 324 g/mol. The normalized spacial score (nSPS) is 16.7. The van der Waals surface area contributed by atoms with Gasteiger partial charge in [0.15, 0.2) is 5.82 Å². The van der Waals surface area contributed by atoms with Crippen LogP contribution in [0.1, 0.15) is 17.6 Å². The second kappa shape index (κ2) is 5.79. The number of rotatable bonds is 2. The molecule has 1 aromatic carbocycles. The lowest BCUT2D eigenvalue weighted by Gasteiger charge is -2.27. The summed E-state index contributed by atoms with van der Waals surface area (Å²) in [5, 5.41) is 5.12. The van der Waals surface area contributed by atoms with E-state index < -0.39 is 0 Å². The monoisotopic (exact) mass is 324 g/mol. The number of likely N-dealkylation sites (tertiary alicyclic amines) is 1. The van der Waals surface area contributed by atoms with Crippen LogP contribution in [0.2, 0.25) is 0 Å². The van der Waals surface area contributed by atoms with E-state index in [0.29, 0.717) is 5.82 Å². The molecule has 0 saturated carbocycles. The lowest BCUT2D eigenvalue weighted by molar-refractivity contribution is 0.0758. The number of carbonyl (C=O) groups is 1. The first-order valence-electron chi connectivity index (χ1n) is 8.17. The van der Waals surface area contributed by atoms with Gasteiger partial charge in [-0.25, -0.2) is 0 Å². The Hall–Kier alpha value is -2.60. The maximum absolute atomic E-state index is 12.9. The molecule has 1 aliphatic heterocycles. The van der Waals surface area contributed by atoms with Crippen molar-refractivity contribution in [2.24, 2.45) is 5.92 Å². The molecule has 6 nitrogen and oxygen atoms in total. The number of nitrogens with zero attached hydrogens (tertiary/aromatic N) is 3. The van der Waals surface area contributed by atoms with Gasteiger partial charge in [-0.3, -0.25) is 4.79 Å². The third-order valence-corrected chi connectivity index (χ3v) is 4.84. The molecule has 0 atom stereocenters. The zero-order chi connectivity index (χ0) is 16.7. The van der Waals surface area contributed by atoms with E-state index in [4.69, 9.17) is 10.2 Å². The van der Waals surface area contributed by atoms with Crippen LogP contribution < -0.4 is 5.73 Å². The Morgan fingerprint density at radius 2 is 2.04 bits per heavy atom. The number of fused-ring (bicyclic) bond motifs is 1. The number of piperidine rings is 1. The molecule has 1 fully saturated rings. The number of nitrogens with two attached hydrogens (primary N) is 1. The molecular formula is C18H20N4O2. The standard InChI is InChI=1S/C18H20N4O2/c1-21-7-4-12(5-8-21)18(23)22-16-10-13(14-6-9-24-11-14)2-3-15(16)17(19)20-22/h2-3,6,9-12H,4-5,7-8H2,1H3,(H2,19,20). The molecule has 0 radical (unpaired) electrons. The Labute approximate surface area is 139 Å². The fourth-order valence-electron chi connectivity index (χ4n) is 3.34. The topological polar surface area (TPSA) is 77.3 Å². The van der Waals surface area contributed by atoms with Crippen LogP contribution >= 0.6 is 0 Å². The van der Waals surface area contributed by atoms with Crippen molar-refractivity contribution < 1.29 is 9.21 Å². The predicted octanol–water partition coefficient (Wildman–Crippen LogP) is 2.86. The van der Waals surface area contributed by atoms with Gasteiger partial charge in [0.25, 0.3) is 5.91 Å². The lowest BCUT2D eigenvalue weighted by atomic mass is 9.96. The van der Waals surface area contributed by atoms with E-state index in [2.05, 4.69) is 17.0 Å². The number of furan rings is 1. The summed E-state index contributed by atoms with van der Waals surface area (Å²) in [6.07, 6.45) is 5.04. The minimum Gasteiger partial charge on any atom is -0.472 e. The Balaban J connectivity index is 1.74. The van der Waals surface area contributed by atoms with Crippen LogP contribution in [0.25, 0.3) is 22.0 Å². The Morgan fingerprint density at radius 3 is 2.75 bits per heavy atom. The van der Waals surface area contributed by atoms with Gasteiger partial charge >= 0.3 is 0 Å². The van der Waals surface area contributed by atoms with Crippen LogP contribution in [0.4, 0.5) is 5.82 Å². The van der Waals surface area contributed by atoms with E-state index >= 15 is 0 Å². The minimum absolute atomic E-state index is 0.00119. The Kier molecular flexibility index (Phi) is 3.61. The van der Waals surface area contributed by atoms with Crippen LogP contribution in [-0.2, 0) is 0 Å². The number of anilines is 1. The highest BCUT2D eigenvalue weighted by atomic mass is 16.3. The van der Waals surface area contributed by atoms with Crippen LogP contribution in [-0.4, -0.2) is 40.7 Å². The highest BCUT2D eigenvalue weighted by Gasteiger charge is 2.27. The van der Waals surface area contributed by atoms with Gasteiger partial charge < -0.3 is 15.1 Å². The summed E-state index contributed by atoms with van der Waals surface area (Å²) >= 11 is 0. The van der Waals surface area contributed by atoms with Gasteiger partial charge in [0.1, 0.15) is 0 Å². The summed E-state index contributed by atoms with van der Waals surface area (Å²) in [5.41, 5.74) is 8.73. The molecule has 6 heteroatoms. The summed E-state index contributed by atoms with van der Waals surface area (Å²) in [4.78, 5) is 15.2. The number of aromatic nitrogens is 2. The van der Waals surface area contributed by atoms with Crippen molar-refractivity contribution >= 4 is 22.6 Å². The van der Waals surface area contributed by atoms with E-state index in [0.717, 1.165) is 48.0 Å². The molecule has 0 aliphatic carbocycles. The molecule has 0 unspecified atom stereocenters. The molecule has 2 N–H and O–H groups in total. The number of hydrogen-bond acceptors (Lipinski definition) is 5. The number of benzene rings is 1. The van der Waals surface area contributed by atoms with Gasteiger partial charge in [0, 0.05) is 16.9 Å². The fraction of sp³-hybridized carbons (Fsp3) is 0.333. The zero-order valence-electron chi connectivity index (χ0n) is 13.6. The van der Waals surface area contributed by atoms with Crippen molar-refractivity contribution in [1.82, 2.24) is 14.7 Å². The highest BCUT2D eigenvalue weighted by Crippen LogP contribution is 2.29.